The summed E-state index contributed by atoms with van der Waals surface area (Å²) in [5, 5.41) is 12.8. The molecule has 1 heterocycles. The summed E-state index contributed by atoms with van der Waals surface area (Å²) in [5.41, 5.74) is 5.76. The maximum Gasteiger partial charge on any atom is 0.332 e. The van der Waals surface area contributed by atoms with Crippen LogP contribution in [0.3, 0.4) is 0 Å². The second-order valence-corrected chi connectivity index (χ2v) is 4.81. The number of nitrogens with two attached hydrogens (primary N) is 1. The summed E-state index contributed by atoms with van der Waals surface area (Å²) >= 11 is 4.46. The quantitative estimate of drug-likeness (QED) is 0.282. The number of ether oxygens (including phenoxy) is 2. The molecule has 0 unspecified atom stereocenters. The molecule has 0 fully saturated rings. The van der Waals surface area contributed by atoms with Crippen LogP contribution in [0.25, 0.3) is 0 Å². The lowest BCUT2D eigenvalue weighted by Gasteiger charge is -2.07. The molecule has 1 amide bonds. The van der Waals surface area contributed by atoms with E-state index in [-0.39, 0.29) is 24.1 Å². The molecule has 0 bridgehead atoms. The van der Waals surface area contributed by atoms with E-state index in [4.69, 9.17) is 15.2 Å². The Hall–Kier alpha value is -2.53. The van der Waals surface area contributed by atoms with Crippen LogP contribution >= 0.6 is 12.2 Å². The number of thiocarbonyl (C=S) groups is 1. The third kappa shape index (κ3) is 6.40. The van der Waals surface area contributed by atoms with Gasteiger partial charge in [-0.05, 0) is 30.1 Å². The lowest BCUT2D eigenvalue weighted by Crippen LogP contribution is -2.37. The summed E-state index contributed by atoms with van der Waals surface area (Å²) in [7, 11) is 0. The number of nitrogens with zero attached hydrogens (tertiary/aromatic N) is 2. The molecule has 0 saturated heterocycles. The topological polar surface area (TPSA) is 139 Å². The van der Waals surface area contributed by atoms with Gasteiger partial charge >= 0.3 is 11.8 Å². The largest absolute Gasteiger partial charge is 0.460 e. The summed E-state index contributed by atoms with van der Waals surface area (Å²) < 4.78 is 11.1. The third-order valence-corrected chi connectivity index (χ3v) is 2.76. The predicted octanol–water partition coefficient (Wildman–Crippen LogP) is -0.376. The van der Waals surface area contributed by atoms with Gasteiger partial charge in [0, 0.05) is 6.07 Å². The molecule has 1 aromatic rings. The molecule has 1 rings (SSSR count). The second-order valence-electron chi connectivity index (χ2n) is 4.37. The first-order valence-electron chi connectivity index (χ1n) is 6.44. The number of nitrogens with one attached hydrogen (secondary N) is 1. The van der Waals surface area contributed by atoms with Crippen LogP contribution in [0.15, 0.2) is 12.1 Å². The molecule has 0 aliphatic carbocycles. The van der Waals surface area contributed by atoms with E-state index in [9.17, 15) is 19.7 Å². The van der Waals surface area contributed by atoms with Crippen molar-refractivity contribution in [3.8, 4) is 0 Å². The van der Waals surface area contributed by atoms with Crippen molar-refractivity contribution >= 4 is 35.0 Å². The van der Waals surface area contributed by atoms with Crippen molar-refractivity contribution in [2.45, 2.75) is 13.5 Å². The SMILES string of the molecule is Cc1ccc([N+](=O)[O-])n1CCOC(=O)COCC(=O)NC(N)=S. The Balaban J connectivity index is 2.30. The first-order valence-corrected chi connectivity index (χ1v) is 6.85. The highest BCUT2D eigenvalue weighted by molar-refractivity contribution is 7.80. The number of aryl methyl sites for hydroxylation is 1. The van der Waals surface area contributed by atoms with Gasteiger partial charge in [0.1, 0.15) is 32.1 Å². The lowest BCUT2D eigenvalue weighted by molar-refractivity contribution is -0.392. The van der Waals surface area contributed by atoms with Gasteiger partial charge in [-0.2, -0.15) is 0 Å². The first kappa shape index (κ1) is 18.5. The average Bonchev–Trinajstić information content (AvgIpc) is 2.79. The fourth-order valence-electron chi connectivity index (χ4n) is 1.70. The van der Waals surface area contributed by atoms with Crippen molar-refractivity contribution in [3.05, 3.63) is 27.9 Å². The molecule has 0 radical (unpaired) electrons. The number of aromatic nitrogens is 1. The predicted molar refractivity (Wildman–Crippen MR) is 82.5 cm³/mol. The summed E-state index contributed by atoms with van der Waals surface area (Å²) in [4.78, 5) is 32.8. The zero-order valence-electron chi connectivity index (χ0n) is 12.3. The number of carbonyl (C=O) groups excluding carboxylic acids is 2. The first-order chi connectivity index (χ1) is 10.8. The molecule has 0 spiro atoms. The number of nitro groups is 1. The number of esters is 1. The molecule has 11 heteroatoms. The molecule has 0 saturated carbocycles. The molecule has 0 atom stereocenters. The van der Waals surface area contributed by atoms with Gasteiger partial charge in [0.05, 0.1) is 0 Å². The maximum absolute atomic E-state index is 11.4. The normalized spacial score (nSPS) is 10.1. The van der Waals surface area contributed by atoms with Gasteiger partial charge in [-0.1, -0.05) is 0 Å². The van der Waals surface area contributed by atoms with Gasteiger partial charge < -0.3 is 30.6 Å². The highest BCUT2D eigenvalue weighted by Gasteiger charge is 2.16. The Morgan fingerprint density at radius 1 is 1.43 bits per heavy atom. The van der Waals surface area contributed by atoms with Gasteiger partial charge in [0.2, 0.25) is 0 Å². The van der Waals surface area contributed by atoms with Gasteiger partial charge in [-0.15, -0.1) is 0 Å². The van der Waals surface area contributed by atoms with Crippen LogP contribution in [0, 0.1) is 17.0 Å². The van der Waals surface area contributed by atoms with E-state index in [0.717, 1.165) is 0 Å². The van der Waals surface area contributed by atoms with Gasteiger partial charge in [0.25, 0.3) is 5.91 Å². The van der Waals surface area contributed by atoms with Crippen LogP contribution in [0.2, 0.25) is 0 Å². The minimum absolute atomic E-state index is 0.0579. The van der Waals surface area contributed by atoms with Crippen LogP contribution in [-0.2, 0) is 25.6 Å². The van der Waals surface area contributed by atoms with Crippen LogP contribution in [-0.4, -0.2) is 46.3 Å². The number of hydrogen-bond acceptors (Lipinski definition) is 7. The van der Waals surface area contributed by atoms with Crippen molar-refractivity contribution in [1.82, 2.24) is 9.88 Å². The number of hydrogen-bond donors (Lipinski definition) is 2. The Kier molecular flexibility index (Phi) is 7.09. The third-order valence-electron chi connectivity index (χ3n) is 2.66. The Bertz CT molecular complexity index is 615. The van der Waals surface area contributed by atoms with Crippen molar-refractivity contribution < 1.29 is 24.0 Å². The van der Waals surface area contributed by atoms with Crippen molar-refractivity contribution in [3.63, 3.8) is 0 Å². The monoisotopic (exact) mass is 344 g/mol. The van der Waals surface area contributed by atoms with E-state index in [2.05, 4.69) is 17.5 Å². The highest BCUT2D eigenvalue weighted by Crippen LogP contribution is 2.15. The fraction of sp³-hybridized carbons (Fsp3) is 0.417. The van der Waals surface area contributed by atoms with E-state index in [1.54, 1.807) is 13.0 Å². The molecule has 10 nitrogen and oxygen atoms in total. The summed E-state index contributed by atoms with van der Waals surface area (Å²) in [5.74, 6) is -1.35. The maximum atomic E-state index is 11.4. The van der Waals surface area contributed by atoms with Crippen LogP contribution in [0.1, 0.15) is 5.69 Å². The molecule has 0 aromatic carbocycles. The Morgan fingerprint density at radius 3 is 2.74 bits per heavy atom. The fourth-order valence-corrected chi connectivity index (χ4v) is 1.81. The number of rotatable bonds is 8. The number of amides is 1. The molecule has 1 aromatic heterocycles. The van der Waals surface area contributed by atoms with Crippen LogP contribution in [0.5, 0.6) is 0 Å². The second kappa shape index (κ2) is 8.80. The van der Waals surface area contributed by atoms with Crippen LogP contribution < -0.4 is 11.1 Å². The van der Waals surface area contributed by atoms with Crippen LogP contribution in [0.4, 0.5) is 5.82 Å². The van der Waals surface area contributed by atoms with Gasteiger partial charge in [0.15, 0.2) is 5.11 Å². The van der Waals surface area contributed by atoms with E-state index < -0.39 is 30.0 Å². The average molecular weight is 344 g/mol. The molecule has 23 heavy (non-hydrogen) atoms. The van der Waals surface area contributed by atoms with E-state index in [1.807, 2.05) is 0 Å². The summed E-state index contributed by atoms with van der Waals surface area (Å²) in [6.07, 6.45) is 0. The smallest absolute Gasteiger partial charge is 0.332 e. The zero-order chi connectivity index (χ0) is 17.4. The van der Waals surface area contributed by atoms with Crippen molar-refractivity contribution in [2.75, 3.05) is 19.8 Å². The molecule has 3 N–H and O–H groups in total. The highest BCUT2D eigenvalue weighted by atomic mass is 32.1. The van der Waals surface area contributed by atoms with Crippen molar-refractivity contribution in [2.24, 2.45) is 5.73 Å². The summed E-state index contributed by atoms with van der Waals surface area (Å²) in [6.45, 7) is 0.963. The standard InChI is InChI=1S/C12H16N4O6S/c1-8-2-3-10(16(19)20)15(8)4-5-22-11(18)7-21-6-9(17)14-12(13)23/h2-3H,4-7H2,1H3,(H3,13,14,17,23). The van der Waals surface area contributed by atoms with E-state index >= 15 is 0 Å². The zero-order valence-corrected chi connectivity index (χ0v) is 13.1. The molecule has 0 aliphatic heterocycles. The minimum atomic E-state index is -0.694. The molecular weight excluding hydrogens is 328 g/mol. The molecular formula is C12H16N4O6S. The Morgan fingerprint density at radius 2 is 2.13 bits per heavy atom. The molecule has 0 aliphatic rings. The summed E-state index contributed by atoms with van der Waals surface area (Å²) in [6, 6.07) is 2.98. The minimum Gasteiger partial charge on any atom is -0.460 e. The van der Waals surface area contributed by atoms with E-state index in [0.29, 0.717) is 5.69 Å². The van der Waals surface area contributed by atoms with Crippen molar-refractivity contribution in [1.29, 1.82) is 0 Å². The lowest BCUT2D eigenvalue weighted by atomic mass is 10.5. The van der Waals surface area contributed by atoms with E-state index in [1.165, 1.54) is 10.6 Å². The number of carbonyl (C=O) groups is 2. The van der Waals surface area contributed by atoms with Gasteiger partial charge in [-0.25, -0.2) is 9.36 Å². The molecule has 126 valence electrons. The van der Waals surface area contributed by atoms with Gasteiger partial charge in [-0.3, -0.25) is 4.79 Å². The Labute approximate surface area is 136 Å².